The maximum Gasteiger partial charge on any atom is 0.242 e. The first-order valence-corrected chi connectivity index (χ1v) is 7.53. The van der Waals surface area contributed by atoms with Gasteiger partial charge in [0.1, 0.15) is 5.82 Å². The quantitative estimate of drug-likeness (QED) is 0.734. The summed E-state index contributed by atoms with van der Waals surface area (Å²) < 4.78 is 15.6. The second-order valence-corrected chi connectivity index (χ2v) is 5.60. The Bertz CT molecular complexity index is 966. The number of hydrogen-bond acceptors (Lipinski definition) is 4. The number of benzene rings is 1. The van der Waals surface area contributed by atoms with Crippen LogP contribution in [-0.4, -0.2) is 26.2 Å². The van der Waals surface area contributed by atoms with E-state index in [-0.39, 0.29) is 17.9 Å². The third-order valence-corrected chi connectivity index (χ3v) is 4.14. The summed E-state index contributed by atoms with van der Waals surface area (Å²) in [5.41, 5.74) is 1.61. The van der Waals surface area contributed by atoms with Crippen LogP contribution < -0.4 is 5.32 Å². The van der Waals surface area contributed by atoms with Crippen LogP contribution >= 0.6 is 0 Å². The summed E-state index contributed by atoms with van der Waals surface area (Å²) in [6.45, 7) is 0.488. The number of ketones is 1. The van der Waals surface area contributed by atoms with Crippen LogP contribution in [0.1, 0.15) is 18.2 Å². The molecular weight excluding hydrogens is 311 g/mol. The lowest BCUT2D eigenvalue weighted by Crippen LogP contribution is -2.34. The van der Waals surface area contributed by atoms with E-state index < -0.39 is 17.6 Å². The molecule has 3 aromatic rings. The number of Topliss-reactive ketones (excluding diaryl/α,β-unsaturated/α-hetero) is 1. The van der Waals surface area contributed by atoms with Gasteiger partial charge in [0.25, 0.3) is 0 Å². The molecule has 0 saturated heterocycles. The van der Waals surface area contributed by atoms with E-state index in [1.54, 1.807) is 0 Å². The van der Waals surface area contributed by atoms with Crippen molar-refractivity contribution in [2.45, 2.75) is 18.9 Å². The van der Waals surface area contributed by atoms with Crippen LogP contribution in [0.4, 0.5) is 10.1 Å². The van der Waals surface area contributed by atoms with E-state index in [2.05, 4.69) is 15.3 Å². The molecule has 1 atom stereocenters. The number of carbonyl (C=O) groups excluding carboxylic acids is 2. The fourth-order valence-corrected chi connectivity index (χ4v) is 3.00. The number of fused-ring (bicyclic) bond motifs is 3. The highest BCUT2D eigenvalue weighted by molar-refractivity contribution is 6.12. The number of hydrogen-bond donors (Lipinski definition) is 1. The minimum atomic E-state index is -1.04. The molecule has 120 valence electrons. The molecule has 0 radical (unpaired) electrons. The largest absolute Gasteiger partial charge is 0.326 e. The lowest BCUT2D eigenvalue weighted by atomic mass is 9.96. The molecule has 0 fully saturated rings. The first-order chi connectivity index (χ1) is 11.6. The summed E-state index contributed by atoms with van der Waals surface area (Å²) in [4.78, 5) is 33.0. The highest BCUT2D eigenvalue weighted by atomic mass is 19.1. The lowest BCUT2D eigenvalue weighted by molar-refractivity contribution is -0.128. The molecule has 7 heteroatoms. The molecule has 6 nitrogen and oxygen atoms in total. The zero-order valence-corrected chi connectivity index (χ0v) is 12.6. The molecule has 0 aliphatic carbocycles. The van der Waals surface area contributed by atoms with E-state index in [9.17, 15) is 14.0 Å². The Hall–Kier alpha value is -3.09. The van der Waals surface area contributed by atoms with Crippen molar-refractivity contribution in [1.82, 2.24) is 14.5 Å². The number of pyridine rings is 1. The van der Waals surface area contributed by atoms with Crippen LogP contribution in [0, 0.1) is 5.82 Å². The average Bonchev–Trinajstić information content (AvgIpc) is 2.95. The molecule has 24 heavy (non-hydrogen) atoms. The van der Waals surface area contributed by atoms with Gasteiger partial charge in [0.15, 0.2) is 17.5 Å². The van der Waals surface area contributed by atoms with Gasteiger partial charge in [0.2, 0.25) is 5.91 Å². The second-order valence-electron chi connectivity index (χ2n) is 5.60. The van der Waals surface area contributed by atoms with Gasteiger partial charge >= 0.3 is 0 Å². The molecule has 1 amide bonds. The van der Waals surface area contributed by atoms with Crippen molar-refractivity contribution in [3.8, 4) is 0 Å². The SMILES string of the molecule is O=C1CCn2c(nc3ccccc32)C1C(=O)Nc1ccncc1F. The number of halogens is 1. The maximum atomic E-state index is 13.7. The Kier molecular flexibility index (Phi) is 3.34. The van der Waals surface area contributed by atoms with E-state index >= 15 is 0 Å². The highest BCUT2D eigenvalue weighted by Gasteiger charge is 2.36. The fourth-order valence-electron chi connectivity index (χ4n) is 3.00. The molecule has 3 heterocycles. The van der Waals surface area contributed by atoms with E-state index in [0.717, 1.165) is 17.2 Å². The molecule has 1 aromatic carbocycles. The Morgan fingerprint density at radius 2 is 2.12 bits per heavy atom. The van der Waals surface area contributed by atoms with Gasteiger partial charge in [-0.2, -0.15) is 0 Å². The highest BCUT2D eigenvalue weighted by Crippen LogP contribution is 2.29. The Morgan fingerprint density at radius 3 is 2.96 bits per heavy atom. The molecule has 1 unspecified atom stereocenters. The predicted octanol–water partition coefficient (Wildman–Crippen LogP) is 2.27. The van der Waals surface area contributed by atoms with Gasteiger partial charge in [0.05, 0.1) is 22.9 Å². The number of rotatable bonds is 2. The number of amides is 1. The summed E-state index contributed by atoms with van der Waals surface area (Å²) in [5.74, 6) is -2.09. The lowest BCUT2D eigenvalue weighted by Gasteiger charge is -2.22. The summed E-state index contributed by atoms with van der Waals surface area (Å²) in [6.07, 6.45) is 2.62. The van der Waals surface area contributed by atoms with Crippen LogP contribution in [0.2, 0.25) is 0 Å². The van der Waals surface area contributed by atoms with Gasteiger partial charge in [-0.1, -0.05) is 12.1 Å². The van der Waals surface area contributed by atoms with Crippen LogP contribution in [0.5, 0.6) is 0 Å². The van der Waals surface area contributed by atoms with Crippen LogP contribution in [0.25, 0.3) is 11.0 Å². The number of carbonyl (C=O) groups is 2. The van der Waals surface area contributed by atoms with E-state index in [0.29, 0.717) is 12.4 Å². The smallest absolute Gasteiger partial charge is 0.242 e. The number of nitrogens with one attached hydrogen (secondary N) is 1. The zero-order valence-electron chi connectivity index (χ0n) is 12.6. The Labute approximate surface area is 136 Å². The van der Waals surface area contributed by atoms with Crippen molar-refractivity contribution >= 4 is 28.4 Å². The third-order valence-electron chi connectivity index (χ3n) is 4.14. The standard InChI is InChI=1S/C17H13FN4O2/c18-10-9-19-7-5-11(10)21-17(24)15-14(23)6-8-22-13-4-2-1-3-12(13)20-16(15)22/h1-5,7,9,15H,6,8H2,(H,19,21,24). The molecule has 0 bridgehead atoms. The van der Waals surface area contributed by atoms with Crippen molar-refractivity contribution in [3.05, 3.63) is 54.4 Å². The summed E-state index contributed by atoms with van der Waals surface area (Å²) >= 11 is 0. The van der Waals surface area contributed by atoms with Gasteiger partial charge in [-0.3, -0.25) is 14.6 Å². The molecule has 0 saturated carbocycles. The molecule has 0 spiro atoms. The first-order valence-electron chi connectivity index (χ1n) is 7.53. The number of aryl methyl sites for hydroxylation is 1. The third kappa shape index (κ3) is 2.25. The summed E-state index contributed by atoms with van der Waals surface area (Å²) in [7, 11) is 0. The first kappa shape index (κ1) is 14.5. The minimum Gasteiger partial charge on any atom is -0.326 e. The van der Waals surface area contributed by atoms with Crippen molar-refractivity contribution in [3.63, 3.8) is 0 Å². The van der Waals surface area contributed by atoms with Crippen LogP contribution in [0.15, 0.2) is 42.7 Å². The zero-order chi connectivity index (χ0) is 16.7. The van der Waals surface area contributed by atoms with E-state index in [1.807, 2.05) is 28.8 Å². The number of para-hydroxylation sites is 2. The van der Waals surface area contributed by atoms with Gasteiger partial charge in [0, 0.05) is 19.2 Å². The predicted molar refractivity (Wildman–Crippen MR) is 84.9 cm³/mol. The molecular formula is C17H13FN4O2. The number of nitrogens with zero attached hydrogens (tertiary/aromatic N) is 3. The van der Waals surface area contributed by atoms with Crippen molar-refractivity contribution in [2.24, 2.45) is 0 Å². The summed E-state index contributed by atoms with van der Waals surface area (Å²) in [5, 5.41) is 2.47. The molecule has 2 aromatic heterocycles. The number of imidazole rings is 1. The van der Waals surface area contributed by atoms with Crippen molar-refractivity contribution < 1.29 is 14.0 Å². The molecule has 4 rings (SSSR count). The van der Waals surface area contributed by atoms with Gasteiger partial charge < -0.3 is 9.88 Å². The second kappa shape index (κ2) is 5.52. The minimum absolute atomic E-state index is 0.00367. The molecule has 1 N–H and O–H groups in total. The number of anilines is 1. The topological polar surface area (TPSA) is 76.9 Å². The number of aromatic nitrogens is 3. The Balaban J connectivity index is 1.74. The van der Waals surface area contributed by atoms with E-state index in [4.69, 9.17) is 0 Å². The maximum absolute atomic E-state index is 13.7. The fraction of sp³-hybridized carbons (Fsp3) is 0.176. The van der Waals surface area contributed by atoms with Crippen molar-refractivity contribution in [2.75, 3.05) is 5.32 Å². The van der Waals surface area contributed by atoms with Crippen LogP contribution in [0.3, 0.4) is 0 Å². The normalized spacial score (nSPS) is 16.9. The van der Waals surface area contributed by atoms with Crippen LogP contribution in [-0.2, 0) is 16.1 Å². The summed E-state index contributed by atoms with van der Waals surface area (Å²) in [6, 6.07) is 8.82. The Morgan fingerprint density at radius 1 is 1.29 bits per heavy atom. The van der Waals surface area contributed by atoms with Gasteiger partial charge in [-0.15, -0.1) is 0 Å². The van der Waals surface area contributed by atoms with Crippen molar-refractivity contribution in [1.29, 1.82) is 0 Å². The monoisotopic (exact) mass is 324 g/mol. The van der Waals surface area contributed by atoms with E-state index in [1.165, 1.54) is 12.3 Å². The average molecular weight is 324 g/mol. The van der Waals surface area contributed by atoms with Gasteiger partial charge in [-0.05, 0) is 18.2 Å². The van der Waals surface area contributed by atoms with Gasteiger partial charge in [-0.25, -0.2) is 9.37 Å². The molecule has 1 aliphatic heterocycles. The molecule has 1 aliphatic rings.